The number of aromatic nitrogens is 3. The van der Waals surface area contributed by atoms with E-state index in [1.165, 1.54) is 12.4 Å². The summed E-state index contributed by atoms with van der Waals surface area (Å²) in [7, 11) is 0. The fourth-order valence-corrected chi connectivity index (χ4v) is 0.977. The van der Waals surface area contributed by atoms with Crippen LogP contribution in [0.15, 0.2) is 19.0 Å². The van der Waals surface area contributed by atoms with Crippen LogP contribution in [0.3, 0.4) is 0 Å². The predicted octanol–water partition coefficient (Wildman–Crippen LogP) is 0.558. The molecule has 5 heteroatoms. The van der Waals surface area contributed by atoms with Crippen molar-refractivity contribution in [3.05, 3.63) is 24.8 Å². The second-order valence-electron chi connectivity index (χ2n) is 2.54. The molecule has 0 radical (unpaired) electrons. The Hall–Kier alpha value is -1.65. The molecule has 0 saturated heterocycles. The summed E-state index contributed by atoms with van der Waals surface area (Å²) in [5.74, 6) is 0.459. The Morgan fingerprint density at radius 2 is 2.69 bits per heavy atom. The Kier molecular flexibility index (Phi) is 3.19. The zero-order valence-corrected chi connectivity index (χ0v) is 7.45. The van der Waals surface area contributed by atoms with Crippen LogP contribution in [0.4, 0.5) is 0 Å². The SMILES string of the molecule is C=CC(=O)N[C@H](CC)c1ncn[nH]1. The van der Waals surface area contributed by atoms with Crippen LogP contribution in [-0.4, -0.2) is 21.1 Å². The van der Waals surface area contributed by atoms with Crippen molar-refractivity contribution in [1.82, 2.24) is 20.5 Å². The number of hydrogen-bond acceptors (Lipinski definition) is 3. The highest BCUT2D eigenvalue weighted by Gasteiger charge is 2.12. The van der Waals surface area contributed by atoms with Crippen molar-refractivity contribution in [1.29, 1.82) is 0 Å². The Morgan fingerprint density at radius 3 is 3.15 bits per heavy atom. The van der Waals surface area contributed by atoms with Crippen LogP contribution in [0.1, 0.15) is 25.2 Å². The number of aromatic amines is 1. The van der Waals surface area contributed by atoms with Crippen LogP contribution in [-0.2, 0) is 4.79 Å². The van der Waals surface area contributed by atoms with Crippen molar-refractivity contribution in [2.24, 2.45) is 0 Å². The molecule has 0 bridgehead atoms. The molecule has 1 atom stereocenters. The monoisotopic (exact) mass is 180 g/mol. The minimum atomic E-state index is -0.205. The van der Waals surface area contributed by atoms with Gasteiger partial charge >= 0.3 is 0 Å². The van der Waals surface area contributed by atoms with Gasteiger partial charge < -0.3 is 5.32 Å². The third-order valence-electron chi connectivity index (χ3n) is 1.67. The number of amides is 1. The van der Waals surface area contributed by atoms with E-state index in [4.69, 9.17) is 0 Å². The molecule has 0 unspecified atom stereocenters. The molecule has 1 amide bonds. The van der Waals surface area contributed by atoms with E-state index in [1.54, 1.807) is 0 Å². The van der Waals surface area contributed by atoms with Crippen LogP contribution in [0, 0.1) is 0 Å². The minimum Gasteiger partial charge on any atom is -0.343 e. The van der Waals surface area contributed by atoms with E-state index in [-0.39, 0.29) is 11.9 Å². The Bertz CT molecular complexity index is 280. The summed E-state index contributed by atoms with van der Waals surface area (Å²) in [5.41, 5.74) is 0. The molecule has 13 heavy (non-hydrogen) atoms. The number of nitrogens with zero attached hydrogens (tertiary/aromatic N) is 2. The molecule has 0 saturated carbocycles. The largest absolute Gasteiger partial charge is 0.343 e. The highest BCUT2D eigenvalue weighted by Crippen LogP contribution is 2.09. The van der Waals surface area contributed by atoms with E-state index in [0.717, 1.165) is 6.42 Å². The standard InChI is InChI=1S/C8H12N4O/c1-3-6(11-7(13)4-2)8-9-5-10-12-8/h4-6H,2-3H2,1H3,(H,11,13)(H,9,10,12)/t6-/m1/s1. The third kappa shape index (κ3) is 2.40. The Labute approximate surface area is 76.3 Å². The lowest BCUT2D eigenvalue weighted by molar-refractivity contribution is -0.117. The van der Waals surface area contributed by atoms with Gasteiger partial charge in [0.05, 0.1) is 6.04 Å². The Morgan fingerprint density at radius 1 is 1.92 bits per heavy atom. The summed E-state index contributed by atoms with van der Waals surface area (Å²) in [6.07, 6.45) is 3.41. The van der Waals surface area contributed by atoms with Gasteiger partial charge in [0.15, 0.2) is 0 Å². The van der Waals surface area contributed by atoms with Gasteiger partial charge in [0.1, 0.15) is 12.2 Å². The maximum absolute atomic E-state index is 11.0. The number of carbonyl (C=O) groups is 1. The molecule has 1 heterocycles. The first-order valence-electron chi connectivity index (χ1n) is 4.06. The topological polar surface area (TPSA) is 70.7 Å². The molecule has 0 aliphatic carbocycles. The maximum atomic E-state index is 11.0. The smallest absolute Gasteiger partial charge is 0.243 e. The fraction of sp³-hybridized carbons (Fsp3) is 0.375. The lowest BCUT2D eigenvalue weighted by atomic mass is 10.2. The van der Waals surface area contributed by atoms with E-state index >= 15 is 0 Å². The first-order valence-corrected chi connectivity index (χ1v) is 4.06. The molecule has 5 nitrogen and oxygen atoms in total. The summed E-state index contributed by atoms with van der Waals surface area (Å²) in [5, 5.41) is 9.15. The zero-order chi connectivity index (χ0) is 9.68. The normalized spacial score (nSPS) is 12.1. The van der Waals surface area contributed by atoms with Gasteiger partial charge in [-0.1, -0.05) is 13.5 Å². The molecule has 0 aliphatic heterocycles. The highest BCUT2D eigenvalue weighted by atomic mass is 16.1. The molecule has 1 rings (SSSR count). The van der Waals surface area contributed by atoms with Gasteiger partial charge in [-0.05, 0) is 12.5 Å². The third-order valence-corrected chi connectivity index (χ3v) is 1.67. The summed E-state index contributed by atoms with van der Waals surface area (Å²) < 4.78 is 0. The van der Waals surface area contributed by atoms with E-state index in [1.807, 2.05) is 6.92 Å². The summed E-state index contributed by atoms with van der Waals surface area (Å²) >= 11 is 0. The van der Waals surface area contributed by atoms with Crippen LogP contribution in [0.25, 0.3) is 0 Å². The van der Waals surface area contributed by atoms with Crippen LogP contribution < -0.4 is 5.32 Å². The number of H-pyrrole nitrogens is 1. The van der Waals surface area contributed by atoms with Crippen LogP contribution >= 0.6 is 0 Å². The van der Waals surface area contributed by atoms with Gasteiger partial charge in [-0.15, -0.1) is 0 Å². The van der Waals surface area contributed by atoms with Crippen LogP contribution in [0.5, 0.6) is 0 Å². The van der Waals surface area contributed by atoms with Crippen molar-refractivity contribution in [2.75, 3.05) is 0 Å². The van der Waals surface area contributed by atoms with E-state index in [9.17, 15) is 4.79 Å². The van der Waals surface area contributed by atoms with Crippen molar-refractivity contribution < 1.29 is 4.79 Å². The lowest BCUT2D eigenvalue weighted by Gasteiger charge is -2.11. The van der Waals surface area contributed by atoms with Gasteiger partial charge in [-0.25, -0.2) is 4.98 Å². The number of nitrogens with one attached hydrogen (secondary N) is 2. The van der Waals surface area contributed by atoms with Crippen molar-refractivity contribution in [2.45, 2.75) is 19.4 Å². The number of hydrogen-bond donors (Lipinski definition) is 2. The lowest BCUT2D eigenvalue weighted by Crippen LogP contribution is -2.27. The van der Waals surface area contributed by atoms with Crippen LogP contribution in [0.2, 0.25) is 0 Å². The number of rotatable bonds is 4. The highest BCUT2D eigenvalue weighted by molar-refractivity contribution is 5.87. The minimum absolute atomic E-state index is 0.118. The average molecular weight is 180 g/mol. The second kappa shape index (κ2) is 4.39. The molecule has 2 N–H and O–H groups in total. The molecule has 1 aromatic rings. The van der Waals surface area contributed by atoms with Gasteiger partial charge in [0, 0.05) is 0 Å². The summed E-state index contributed by atoms with van der Waals surface area (Å²) in [4.78, 5) is 14.9. The van der Waals surface area contributed by atoms with E-state index < -0.39 is 0 Å². The van der Waals surface area contributed by atoms with Crippen molar-refractivity contribution in [3.8, 4) is 0 Å². The Balaban J connectivity index is 2.63. The zero-order valence-electron chi connectivity index (χ0n) is 7.45. The van der Waals surface area contributed by atoms with Gasteiger partial charge in [-0.3, -0.25) is 9.89 Å². The van der Waals surface area contributed by atoms with E-state index in [0.29, 0.717) is 5.82 Å². The molecule has 1 aromatic heterocycles. The number of carbonyl (C=O) groups excluding carboxylic acids is 1. The second-order valence-corrected chi connectivity index (χ2v) is 2.54. The maximum Gasteiger partial charge on any atom is 0.243 e. The molecular formula is C8H12N4O. The first kappa shape index (κ1) is 9.44. The summed E-state index contributed by atoms with van der Waals surface area (Å²) in [6.45, 7) is 5.33. The average Bonchev–Trinajstić information content (AvgIpc) is 2.66. The first-order chi connectivity index (χ1) is 6.27. The molecule has 0 aliphatic rings. The van der Waals surface area contributed by atoms with Crippen molar-refractivity contribution in [3.63, 3.8) is 0 Å². The van der Waals surface area contributed by atoms with Gasteiger partial charge in [0.2, 0.25) is 5.91 Å². The van der Waals surface area contributed by atoms with Gasteiger partial charge in [-0.2, -0.15) is 5.10 Å². The van der Waals surface area contributed by atoms with Gasteiger partial charge in [0.25, 0.3) is 0 Å². The quantitative estimate of drug-likeness (QED) is 0.665. The predicted molar refractivity (Wildman–Crippen MR) is 47.8 cm³/mol. The molecule has 0 aromatic carbocycles. The summed E-state index contributed by atoms with van der Waals surface area (Å²) in [6, 6.07) is -0.118. The molecule has 70 valence electrons. The molecular weight excluding hydrogens is 168 g/mol. The fourth-order valence-electron chi connectivity index (χ4n) is 0.977. The molecule has 0 spiro atoms. The van der Waals surface area contributed by atoms with Crippen molar-refractivity contribution >= 4 is 5.91 Å². The molecule has 0 fully saturated rings. The van der Waals surface area contributed by atoms with E-state index in [2.05, 4.69) is 27.1 Å².